The van der Waals surface area contributed by atoms with Crippen molar-refractivity contribution in [2.75, 3.05) is 20.3 Å². The lowest BCUT2D eigenvalue weighted by Crippen LogP contribution is -2.37. The van der Waals surface area contributed by atoms with Crippen molar-refractivity contribution in [3.05, 3.63) is 42.0 Å². The van der Waals surface area contributed by atoms with Crippen molar-refractivity contribution in [3.63, 3.8) is 0 Å². The first-order valence-electron chi connectivity index (χ1n) is 7.45. The molecule has 1 N–H and O–H groups in total. The van der Waals surface area contributed by atoms with Crippen LogP contribution >= 0.6 is 0 Å². The molecule has 0 radical (unpaired) electrons. The third kappa shape index (κ3) is 4.45. The van der Waals surface area contributed by atoms with Crippen molar-refractivity contribution in [2.24, 2.45) is 0 Å². The number of nitrogens with one attached hydrogen (secondary N) is 1. The van der Waals surface area contributed by atoms with Gasteiger partial charge in [-0.05, 0) is 55.3 Å². The summed E-state index contributed by atoms with van der Waals surface area (Å²) in [6.45, 7) is 8.66. The van der Waals surface area contributed by atoms with Gasteiger partial charge in [0.15, 0.2) is 0 Å². The van der Waals surface area contributed by atoms with E-state index in [1.807, 2.05) is 13.0 Å². The predicted molar refractivity (Wildman–Crippen MR) is 87.9 cm³/mol. The summed E-state index contributed by atoms with van der Waals surface area (Å²) in [7, 11) is 1.69. The second-order valence-corrected chi connectivity index (χ2v) is 5.84. The third-order valence-corrected chi connectivity index (χ3v) is 3.53. The van der Waals surface area contributed by atoms with Crippen molar-refractivity contribution in [2.45, 2.75) is 32.9 Å². The van der Waals surface area contributed by atoms with Gasteiger partial charge in [-0.3, -0.25) is 0 Å². The molecule has 21 heavy (non-hydrogen) atoms. The molecule has 0 amide bonds. The van der Waals surface area contributed by atoms with Gasteiger partial charge in [-0.1, -0.05) is 18.2 Å². The minimum Gasteiger partial charge on any atom is -0.497 e. The molecule has 0 atom stereocenters. The molecule has 0 spiro atoms. The van der Waals surface area contributed by atoms with Crippen LogP contribution in [0, 0.1) is 0 Å². The molecule has 3 nitrogen and oxygen atoms in total. The molecule has 2 aromatic carbocycles. The molecule has 0 aromatic heterocycles. The molecular weight excluding hydrogens is 262 g/mol. The van der Waals surface area contributed by atoms with E-state index < -0.39 is 0 Å². The lowest BCUT2D eigenvalue weighted by atomic mass is 10.1. The van der Waals surface area contributed by atoms with Crippen LogP contribution in [0.1, 0.15) is 26.3 Å². The minimum atomic E-state index is -0.126. The van der Waals surface area contributed by atoms with Crippen LogP contribution in [-0.2, 0) is 11.3 Å². The van der Waals surface area contributed by atoms with Crippen molar-refractivity contribution >= 4 is 10.8 Å². The zero-order valence-corrected chi connectivity index (χ0v) is 13.4. The molecule has 114 valence electrons. The molecule has 3 heteroatoms. The Morgan fingerprint density at radius 1 is 1.05 bits per heavy atom. The quantitative estimate of drug-likeness (QED) is 0.841. The molecule has 2 aromatic rings. The molecule has 0 aliphatic carbocycles. The highest BCUT2D eigenvalue weighted by Crippen LogP contribution is 2.21. The van der Waals surface area contributed by atoms with Gasteiger partial charge in [0.25, 0.3) is 0 Å². The molecule has 0 bridgehead atoms. The molecule has 0 saturated carbocycles. The summed E-state index contributed by atoms with van der Waals surface area (Å²) in [6, 6.07) is 12.7. The highest BCUT2D eigenvalue weighted by Gasteiger charge is 2.16. The summed E-state index contributed by atoms with van der Waals surface area (Å²) in [5.74, 6) is 0.895. The van der Waals surface area contributed by atoms with Gasteiger partial charge in [0.1, 0.15) is 5.75 Å². The summed E-state index contributed by atoms with van der Waals surface area (Å²) >= 11 is 0. The van der Waals surface area contributed by atoms with Gasteiger partial charge in [0.05, 0.1) is 12.7 Å². The molecule has 0 saturated heterocycles. The summed E-state index contributed by atoms with van der Waals surface area (Å²) in [5.41, 5.74) is 1.15. The van der Waals surface area contributed by atoms with Crippen LogP contribution in [0.5, 0.6) is 5.75 Å². The van der Waals surface area contributed by atoms with Gasteiger partial charge in [-0.25, -0.2) is 0 Å². The number of ether oxygens (including phenoxy) is 2. The molecule has 0 fully saturated rings. The van der Waals surface area contributed by atoms with E-state index in [1.54, 1.807) is 7.11 Å². The van der Waals surface area contributed by atoms with E-state index in [1.165, 1.54) is 16.3 Å². The summed E-state index contributed by atoms with van der Waals surface area (Å²) in [6.07, 6.45) is 0. The molecule has 2 rings (SSSR count). The normalized spacial score (nSPS) is 11.8. The SMILES string of the molecule is CCOC(C)(C)CNCc1ccc2cc(OC)ccc2c1. The lowest BCUT2D eigenvalue weighted by Gasteiger charge is -2.25. The molecule has 0 unspecified atom stereocenters. The van der Waals surface area contributed by atoms with Gasteiger partial charge in [-0.15, -0.1) is 0 Å². The minimum absolute atomic E-state index is 0.126. The number of rotatable bonds is 7. The summed E-state index contributed by atoms with van der Waals surface area (Å²) in [5, 5.41) is 5.90. The average Bonchev–Trinajstić information content (AvgIpc) is 2.46. The van der Waals surface area contributed by atoms with Crippen LogP contribution in [0.3, 0.4) is 0 Å². The largest absolute Gasteiger partial charge is 0.497 e. The number of methoxy groups -OCH3 is 1. The van der Waals surface area contributed by atoms with Crippen molar-refractivity contribution in [3.8, 4) is 5.75 Å². The maximum absolute atomic E-state index is 5.69. The fourth-order valence-electron chi connectivity index (χ4n) is 2.46. The van der Waals surface area contributed by atoms with E-state index >= 15 is 0 Å². The maximum Gasteiger partial charge on any atom is 0.119 e. The van der Waals surface area contributed by atoms with Crippen LogP contribution in [0.15, 0.2) is 36.4 Å². The highest BCUT2D eigenvalue weighted by molar-refractivity contribution is 5.84. The highest BCUT2D eigenvalue weighted by atomic mass is 16.5. The van der Waals surface area contributed by atoms with E-state index in [0.29, 0.717) is 0 Å². The Bertz CT molecular complexity index is 593. The van der Waals surface area contributed by atoms with Crippen LogP contribution in [0.4, 0.5) is 0 Å². The van der Waals surface area contributed by atoms with Crippen LogP contribution in [0.2, 0.25) is 0 Å². The standard InChI is InChI=1S/C18H25NO2/c1-5-21-18(2,3)13-19-12-14-6-7-16-11-17(20-4)9-8-15(16)10-14/h6-11,19H,5,12-13H2,1-4H3. The number of hydrogen-bond acceptors (Lipinski definition) is 3. The van der Waals surface area contributed by atoms with E-state index in [0.717, 1.165) is 25.4 Å². The first-order valence-corrected chi connectivity index (χ1v) is 7.45. The second-order valence-electron chi connectivity index (χ2n) is 5.84. The Labute approximate surface area is 127 Å². The Morgan fingerprint density at radius 3 is 2.48 bits per heavy atom. The average molecular weight is 287 g/mol. The van der Waals surface area contributed by atoms with Crippen molar-refractivity contribution in [1.29, 1.82) is 0 Å². The van der Waals surface area contributed by atoms with Crippen LogP contribution in [-0.4, -0.2) is 25.9 Å². The fraction of sp³-hybridized carbons (Fsp3) is 0.444. The first kappa shape index (κ1) is 15.8. The zero-order chi connectivity index (χ0) is 15.3. The molecule has 0 heterocycles. The number of hydrogen-bond donors (Lipinski definition) is 1. The van der Waals surface area contributed by atoms with E-state index in [-0.39, 0.29) is 5.60 Å². The van der Waals surface area contributed by atoms with E-state index in [4.69, 9.17) is 9.47 Å². The van der Waals surface area contributed by atoms with Gasteiger partial charge in [0, 0.05) is 19.7 Å². The zero-order valence-electron chi connectivity index (χ0n) is 13.4. The summed E-state index contributed by atoms with van der Waals surface area (Å²) < 4.78 is 10.9. The number of fused-ring (bicyclic) bond motifs is 1. The van der Waals surface area contributed by atoms with Crippen molar-refractivity contribution < 1.29 is 9.47 Å². The van der Waals surface area contributed by atoms with E-state index in [2.05, 4.69) is 49.5 Å². The molecule has 0 aliphatic heterocycles. The van der Waals surface area contributed by atoms with Crippen LogP contribution in [0.25, 0.3) is 10.8 Å². The van der Waals surface area contributed by atoms with E-state index in [9.17, 15) is 0 Å². The smallest absolute Gasteiger partial charge is 0.119 e. The molecular formula is C18H25NO2. The topological polar surface area (TPSA) is 30.5 Å². The van der Waals surface area contributed by atoms with Crippen LogP contribution < -0.4 is 10.1 Å². The first-order chi connectivity index (χ1) is 10.0. The predicted octanol–water partition coefficient (Wildman–Crippen LogP) is 3.75. The van der Waals surface area contributed by atoms with Gasteiger partial charge >= 0.3 is 0 Å². The maximum atomic E-state index is 5.69. The Morgan fingerprint density at radius 2 is 1.76 bits per heavy atom. The Hall–Kier alpha value is -1.58. The molecule has 0 aliphatic rings. The van der Waals surface area contributed by atoms with Gasteiger partial charge < -0.3 is 14.8 Å². The summed E-state index contributed by atoms with van der Waals surface area (Å²) in [4.78, 5) is 0. The third-order valence-electron chi connectivity index (χ3n) is 3.53. The Balaban J connectivity index is 2.00. The van der Waals surface area contributed by atoms with Gasteiger partial charge in [-0.2, -0.15) is 0 Å². The Kier molecular flexibility index (Phi) is 5.21. The fourth-order valence-corrected chi connectivity index (χ4v) is 2.46. The lowest BCUT2D eigenvalue weighted by molar-refractivity contribution is -0.00897. The monoisotopic (exact) mass is 287 g/mol. The van der Waals surface area contributed by atoms with Crippen molar-refractivity contribution in [1.82, 2.24) is 5.32 Å². The number of benzene rings is 2. The van der Waals surface area contributed by atoms with Gasteiger partial charge in [0.2, 0.25) is 0 Å². The second kappa shape index (κ2) is 6.92.